The van der Waals surface area contributed by atoms with Crippen LogP contribution in [0.3, 0.4) is 0 Å². The maximum Gasteiger partial charge on any atom is 0.315 e. The van der Waals surface area contributed by atoms with Crippen LogP contribution in [0, 0.1) is 11.8 Å². The molecule has 1 saturated carbocycles. The summed E-state index contributed by atoms with van der Waals surface area (Å²) in [6, 6.07) is 7.17. The summed E-state index contributed by atoms with van der Waals surface area (Å²) in [4.78, 5) is 22.8. The van der Waals surface area contributed by atoms with Gasteiger partial charge in [-0.3, -0.25) is 4.79 Å². The number of carbonyl (C=O) groups is 2. The van der Waals surface area contributed by atoms with Gasteiger partial charge in [0.05, 0.1) is 0 Å². The van der Waals surface area contributed by atoms with Crippen LogP contribution in [0.2, 0.25) is 0 Å². The van der Waals surface area contributed by atoms with E-state index in [1.54, 1.807) is 13.1 Å². The normalized spacial score (nSPS) is 19.2. The Hall–Kier alpha value is -2.24. The van der Waals surface area contributed by atoms with Crippen LogP contribution in [0.15, 0.2) is 24.3 Å². The monoisotopic (exact) mass is 305 g/mol. The van der Waals surface area contributed by atoms with E-state index >= 15 is 0 Å². The molecule has 120 valence electrons. The van der Waals surface area contributed by atoms with Crippen molar-refractivity contribution in [2.24, 2.45) is 11.8 Å². The molecule has 1 fully saturated rings. The van der Waals surface area contributed by atoms with Gasteiger partial charge in [-0.1, -0.05) is 19.1 Å². The minimum absolute atomic E-state index is 0.0204. The van der Waals surface area contributed by atoms with E-state index in [9.17, 15) is 9.59 Å². The van der Waals surface area contributed by atoms with Crippen LogP contribution in [-0.4, -0.2) is 32.1 Å². The highest BCUT2D eigenvalue weighted by molar-refractivity contribution is 5.77. The van der Waals surface area contributed by atoms with Gasteiger partial charge in [0.25, 0.3) is 5.91 Å². The summed E-state index contributed by atoms with van der Waals surface area (Å²) in [5.74, 6) is 1.79. The third-order valence-corrected chi connectivity index (χ3v) is 3.80. The standard InChI is InChI=1S/C16H23N3O3/c1-11-6-13(11)9-19-16(21)18-8-12-4-3-5-14(7-12)22-10-15(20)17-2/h3-5,7,11,13H,6,8-10H2,1-2H3,(H,17,20)(H2,18,19,21)/t11-,13+/m1/s1. The van der Waals surface area contributed by atoms with Crippen molar-refractivity contribution in [1.29, 1.82) is 0 Å². The lowest BCUT2D eigenvalue weighted by Crippen LogP contribution is -2.36. The number of rotatable bonds is 7. The second kappa shape index (κ2) is 7.68. The van der Waals surface area contributed by atoms with Gasteiger partial charge >= 0.3 is 6.03 Å². The number of amides is 3. The highest BCUT2D eigenvalue weighted by atomic mass is 16.5. The summed E-state index contributed by atoms with van der Waals surface area (Å²) in [6.07, 6.45) is 1.20. The molecular weight excluding hydrogens is 282 g/mol. The molecule has 22 heavy (non-hydrogen) atoms. The summed E-state index contributed by atoms with van der Waals surface area (Å²) in [5.41, 5.74) is 0.921. The molecule has 0 bridgehead atoms. The number of nitrogens with one attached hydrogen (secondary N) is 3. The zero-order chi connectivity index (χ0) is 15.9. The van der Waals surface area contributed by atoms with Gasteiger partial charge in [0.1, 0.15) is 5.75 Å². The van der Waals surface area contributed by atoms with Crippen LogP contribution in [-0.2, 0) is 11.3 Å². The Morgan fingerprint density at radius 1 is 1.32 bits per heavy atom. The molecule has 3 N–H and O–H groups in total. The van der Waals surface area contributed by atoms with Crippen LogP contribution in [0.25, 0.3) is 0 Å². The van der Waals surface area contributed by atoms with Crippen molar-refractivity contribution in [2.75, 3.05) is 20.2 Å². The van der Waals surface area contributed by atoms with E-state index in [0.29, 0.717) is 18.2 Å². The maximum absolute atomic E-state index is 11.7. The minimum Gasteiger partial charge on any atom is -0.484 e. The number of ether oxygens (including phenoxy) is 1. The lowest BCUT2D eigenvalue weighted by Gasteiger charge is -2.09. The van der Waals surface area contributed by atoms with E-state index in [4.69, 9.17) is 4.74 Å². The van der Waals surface area contributed by atoms with Gasteiger partial charge in [-0.2, -0.15) is 0 Å². The van der Waals surface area contributed by atoms with Gasteiger partial charge in [-0.15, -0.1) is 0 Å². The fraction of sp³-hybridized carbons (Fsp3) is 0.500. The van der Waals surface area contributed by atoms with Gasteiger partial charge in [-0.25, -0.2) is 4.79 Å². The predicted molar refractivity (Wildman–Crippen MR) is 83.5 cm³/mol. The fourth-order valence-corrected chi connectivity index (χ4v) is 2.12. The molecule has 0 spiro atoms. The quantitative estimate of drug-likeness (QED) is 0.709. The molecule has 2 atom stereocenters. The smallest absolute Gasteiger partial charge is 0.315 e. The van der Waals surface area contributed by atoms with Crippen LogP contribution in [0.4, 0.5) is 4.79 Å². The van der Waals surface area contributed by atoms with Gasteiger partial charge in [-0.05, 0) is 36.0 Å². The third-order valence-electron chi connectivity index (χ3n) is 3.80. The topological polar surface area (TPSA) is 79.5 Å². The van der Waals surface area contributed by atoms with Crippen molar-refractivity contribution in [2.45, 2.75) is 19.9 Å². The van der Waals surface area contributed by atoms with Crippen molar-refractivity contribution in [3.8, 4) is 5.75 Å². The number of urea groups is 1. The molecule has 0 saturated heterocycles. The Balaban J connectivity index is 1.72. The van der Waals surface area contributed by atoms with Crippen LogP contribution in [0.5, 0.6) is 5.75 Å². The number of benzene rings is 1. The molecule has 0 heterocycles. The lowest BCUT2D eigenvalue weighted by molar-refractivity contribution is -0.122. The van der Waals surface area contributed by atoms with E-state index in [-0.39, 0.29) is 18.5 Å². The first-order valence-electron chi connectivity index (χ1n) is 7.52. The highest BCUT2D eigenvalue weighted by Crippen LogP contribution is 2.36. The van der Waals surface area contributed by atoms with Gasteiger partial charge in [0.15, 0.2) is 6.61 Å². The largest absolute Gasteiger partial charge is 0.484 e. The summed E-state index contributed by atoms with van der Waals surface area (Å²) >= 11 is 0. The molecule has 6 heteroatoms. The molecule has 1 aliphatic rings. The van der Waals surface area contributed by atoms with Crippen molar-refractivity contribution in [3.05, 3.63) is 29.8 Å². The van der Waals surface area contributed by atoms with E-state index < -0.39 is 0 Å². The second-order valence-corrected chi connectivity index (χ2v) is 5.65. The zero-order valence-electron chi connectivity index (χ0n) is 13.0. The second-order valence-electron chi connectivity index (χ2n) is 5.65. The van der Waals surface area contributed by atoms with Crippen molar-refractivity contribution in [1.82, 2.24) is 16.0 Å². The van der Waals surface area contributed by atoms with E-state index in [1.807, 2.05) is 18.2 Å². The maximum atomic E-state index is 11.7. The number of hydrogen-bond donors (Lipinski definition) is 3. The van der Waals surface area contributed by atoms with Gasteiger partial charge in [0.2, 0.25) is 0 Å². The number of carbonyl (C=O) groups excluding carboxylic acids is 2. The molecular formula is C16H23N3O3. The van der Waals surface area contributed by atoms with Gasteiger partial charge < -0.3 is 20.7 Å². The van der Waals surface area contributed by atoms with E-state index in [0.717, 1.165) is 18.0 Å². The summed E-state index contributed by atoms with van der Waals surface area (Å²) in [7, 11) is 1.56. The molecule has 6 nitrogen and oxygen atoms in total. The highest BCUT2D eigenvalue weighted by Gasteiger charge is 2.32. The molecule has 0 unspecified atom stereocenters. The lowest BCUT2D eigenvalue weighted by atomic mass is 10.2. The Labute approximate surface area is 130 Å². The summed E-state index contributed by atoms with van der Waals surface area (Å²) in [6.45, 7) is 3.33. The summed E-state index contributed by atoms with van der Waals surface area (Å²) in [5, 5.41) is 8.18. The molecule has 3 amide bonds. The first kappa shape index (κ1) is 16.1. The average Bonchev–Trinajstić information content (AvgIpc) is 3.24. The molecule has 2 rings (SSSR count). The third kappa shape index (κ3) is 5.27. The SMILES string of the molecule is CNC(=O)COc1cccc(CNC(=O)NC[C@@H]2C[C@H]2C)c1. The zero-order valence-corrected chi connectivity index (χ0v) is 13.0. The molecule has 1 aromatic carbocycles. The van der Waals surface area contributed by atoms with Crippen molar-refractivity contribution >= 4 is 11.9 Å². The minimum atomic E-state index is -0.183. The Bertz CT molecular complexity index is 533. The fourth-order valence-electron chi connectivity index (χ4n) is 2.12. The molecule has 1 aliphatic carbocycles. The first-order valence-corrected chi connectivity index (χ1v) is 7.52. The first-order chi connectivity index (χ1) is 10.6. The average molecular weight is 305 g/mol. The number of likely N-dealkylation sites (N-methyl/N-ethyl adjacent to an activating group) is 1. The van der Waals surface area contributed by atoms with Crippen LogP contribution < -0.4 is 20.7 Å². The predicted octanol–water partition coefficient (Wildman–Crippen LogP) is 1.27. The van der Waals surface area contributed by atoms with Crippen molar-refractivity contribution < 1.29 is 14.3 Å². The Morgan fingerprint density at radius 2 is 2.09 bits per heavy atom. The van der Waals surface area contributed by atoms with Crippen LogP contribution in [0.1, 0.15) is 18.9 Å². The van der Waals surface area contributed by atoms with E-state index in [1.165, 1.54) is 6.42 Å². The van der Waals surface area contributed by atoms with Crippen LogP contribution >= 0.6 is 0 Å². The molecule has 0 radical (unpaired) electrons. The Kier molecular flexibility index (Phi) is 5.63. The molecule has 0 aliphatic heterocycles. The molecule has 0 aromatic heterocycles. The van der Waals surface area contributed by atoms with E-state index in [2.05, 4.69) is 22.9 Å². The van der Waals surface area contributed by atoms with Gasteiger partial charge in [0, 0.05) is 20.1 Å². The molecule has 1 aromatic rings. The van der Waals surface area contributed by atoms with Crippen molar-refractivity contribution in [3.63, 3.8) is 0 Å². The Morgan fingerprint density at radius 3 is 2.77 bits per heavy atom. The summed E-state index contributed by atoms with van der Waals surface area (Å²) < 4.78 is 5.36. The number of hydrogen-bond acceptors (Lipinski definition) is 3.